The highest BCUT2D eigenvalue weighted by Gasteiger charge is 2.30. The molecule has 0 spiro atoms. The standard InChI is InChI=1S/C20H18F3N7S/c1-3-29-18(14-6-4-5-13(2)11-14)25-26-19(29)31-12-17-24-27-28-30(17)16-9-7-15(8-10-16)20(21,22)23/h4-11H,3,12H2,1-2H3. The third-order valence-electron chi connectivity index (χ3n) is 4.61. The number of thioether (sulfide) groups is 1. The van der Waals surface area contributed by atoms with Gasteiger partial charge in [-0.15, -0.1) is 15.3 Å². The fraction of sp³-hybridized carbons (Fsp3) is 0.250. The number of alkyl halides is 3. The fourth-order valence-corrected chi connectivity index (χ4v) is 4.00. The normalized spacial score (nSPS) is 11.8. The number of aryl methyl sites for hydroxylation is 1. The van der Waals surface area contributed by atoms with Crippen LogP contribution in [-0.2, 0) is 18.5 Å². The van der Waals surface area contributed by atoms with Gasteiger partial charge in [0.2, 0.25) is 0 Å². The van der Waals surface area contributed by atoms with Crippen molar-refractivity contribution >= 4 is 11.8 Å². The Balaban J connectivity index is 1.54. The van der Waals surface area contributed by atoms with Crippen LogP contribution in [0.1, 0.15) is 23.9 Å². The van der Waals surface area contributed by atoms with Crippen molar-refractivity contribution in [3.63, 3.8) is 0 Å². The molecule has 0 saturated heterocycles. The van der Waals surface area contributed by atoms with E-state index < -0.39 is 11.7 Å². The molecule has 0 amide bonds. The summed E-state index contributed by atoms with van der Waals surface area (Å²) in [6.07, 6.45) is -4.39. The highest BCUT2D eigenvalue weighted by Crippen LogP contribution is 2.30. The smallest absolute Gasteiger partial charge is 0.302 e. The second-order valence-corrected chi connectivity index (χ2v) is 7.70. The molecule has 0 bridgehead atoms. The van der Waals surface area contributed by atoms with Gasteiger partial charge in [0.05, 0.1) is 17.0 Å². The van der Waals surface area contributed by atoms with Crippen LogP contribution in [0.3, 0.4) is 0 Å². The molecule has 0 radical (unpaired) electrons. The number of halogens is 3. The largest absolute Gasteiger partial charge is 0.416 e. The third kappa shape index (κ3) is 4.46. The first-order chi connectivity index (χ1) is 14.9. The maximum Gasteiger partial charge on any atom is 0.416 e. The minimum Gasteiger partial charge on any atom is -0.302 e. The Bertz CT molecular complexity index is 1180. The van der Waals surface area contributed by atoms with Crippen molar-refractivity contribution in [2.45, 2.75) is 37.5 Å². The van der Waals surface area contributed by atoms with E-state index in [2.05, 4.69) is 31.8 Å². The molecule has 2 aromatic carbocycles. The SMILES string of the molecule is CCn1c(SCc2nnnn2-c2ccc(C(F)(F)F)cc2)nnc1-c1cccc(C)c1. The summed E-state index contributed by atoms with van der Waals surface area (Å²) in [5.74, 6) is 1.64. The van der Waals surface area contributed by atoms with Gasteiger partial charge in [-0.05, 0) is 54.6 Å². The lowest BCUT2D eigenvalue weighted by molar-refractivity contribution is -0.137. The molecule has 2 heterocycles. The van der Waals surface area contributed by atoms with E-state index >= 15 is 0 Å². The minimum absolute atomic E-state index is 0.375. The molecule has 0 saturated carbocycles. The van der Waals surface area contributed by atoms with Gasteiger partial charge in [0.25, 0.3) is 0 Å². The van der Waals surface area contributed by atoms with Gasteiger partial charge >= 0.3 is 6.18 Å². The number of tetrazole rings is 1. The number of aromatic nitrogens is 7. The van der Waals surface area contributed by atoms with Gasteiger partial charge in [-0.2, -0.15) is 17.9 Å². The van der Waals surface area contributed by atoms with Gasteiger partial charge < -0.3 is 4.57 Å². The quantitative estimate of drug-likeness (QED) is 0.405. The lowest BCUT2D eigenvalue weighted by Gasteiger charge is -2.09. The predicted molar refractivity (Wildman–Crippen MR) is 110 cm³/mol. The summed E-state index contributed by atoms with van der Waals surface area (Å²) in [6, 6.07) is 12.7. The average Bonchev–Trinajstić information content (AvgIpc) is 3.38. The van der Waals surface area contributed by atoms with Crippen molar-refractivity contribution < 1.29 is 13.2 Å². The predicted octanol–water partition coefficient (Wildman–Crippen LogP) is 4.56. The first kappa shape index (κ1) is 21.0. The Morgan fingerprint density at radius 2 is 1.77 bits per heavy atom. The Labute approximate surface area is 180 Å². The zero-order valence-corrected chi connectivity index (χ0v) is 17.5. The van der Waals surface area contributed by atoms with Crippen LogP contribution in [0.4, 0.5) is 13.2 Å². The highest BCUT2D eigenvalue weighted by atomic mass is 32.2. The molecule has 7 nitrogen and oxygen atoms in total. The second kappa shape index (κ2) is 8.50. The third-order valence-corrected chi connectivity index (χ3v) is 5.58. The number of hydrogen-bond donors (Lipinski definition) is 0. The molecule has 31 heavy (non-hydrogen) atoms. The summed E-state index contributed by atoms with van der Waals surface area (Å²) >= 11 is 1.41. The monoisotopic (exact) mass is 445 g/mol. The molecule has 160 valence electrons. The van der Waals surface area contributed by atoms with Crippen LogP contribution in [0.15, 0.2) is 53.7 Å². The van der Waals surface area contributed by atoms with Gasteiger partial charge in [0, 0.05) is 12.1 Å². The maximum absolute atomic E-state index is 12.8. The Morgan fingerprint density at radius 1 is 1.00 bits per heavy atom. The Kier molecular flexibility index (Phi) is 5.77. The van der Waals surface area contributed by atoms with Crippen molar-refractivity contribution in [3.05, 3.63) is 65.5 Å². The number of nitrogens with zero attached hydrogens (tertiary/aromatic N) is 7. The summed E-state index contributed by atoms with van der Waals surface area (Å²) < 4.78 is 41.8. The number of hydrogen-bond acceptors (Lipinski definition) is 6. The topological polar surface area (TPSA) is 74.3 Å². The van der Waals surface area contributed by atoms with Gasteiger partial charge in [-0.25, -0.2) is 0 Å². The van der Waals surface area contributed by atoms with Gasteiger partial charge in [0.15, 0.2) is 16.8 Å². The minimum atomic E-state index is -4.39. The van der Waals surface area contributed by atoms with Crippen molar-refractivity contribution in [1.29, 1.82) is 0 Å². The van der Waals surface area contributed by atoms with Gasteiger partial charge in [-0.3, -0.25) is 0 Å². The average molecular weight is 445 g/mol. The highest BCUT2D eigenvalue weighted by molar-refractivity contribution is 7.98. The van der Waals surface area contributed by atoms with Crippen LogP contribution in [0.25, 0.3) is 17.1 Å². The second-order valence-electron chi connectivity index (χ2n) is 6.76. The first-order valence-corrected chi connectivity index (χ1v) is 10.4. The van der Waals surface area contributed by atoms with Crippen LogP contribution in [0, 0.1) is 6.92 Å². The van der Waals surface area contributed by atoms with Crippen LogP contribution in [-0.4, -0.2) is 35.0 Å². The van der Waals surface area contributed by atoms with Crippen LogP contribution in [0.2, 0.25) is 0 Å². The summed E-state index contributed by atoms with van der Waals surface area (Å²) in [6.45, 7) is 4.72. The van der Waals surface area contributed by atoms with E-state index in [4.69, 9.17) is 0 Å². The van der Waals surface area contributed by atoms with E-state index in [0.717, 1.165) is 29.1 Å². The zero-order valence-electron chi connectivity index (χ0n) is 16.7. The van der Waals surface area contributed by atoms with Crippen molar-refractivity contribution in [3.8, 4) is 17.1 Å². The summed E-state index contributed by atoms with van der Waals surface area (Å²) in [5, 5.41) is 21.0. The maximum atomic E-state index is 12.8. The molecule has 0 atom stereocenters. The van der Waals surface area contributed by atoms with Crippen LogP contribution in [0.5, 0.6) is 0 Å². The van der Waals surface area contributed by atoms with E-state index in [1.807, 2.05) is 36.6 Å². The molecule has 0 aliphatic heterocycles. The zero-order chi connectivity index (χ0) is 22.0. The van der Waals surface area contributed by atoms with Gasteiger partial charge in [-0.1, -0.05) is 35.5 Å². The van der Waals surface area contributed by atoms with E-state index in [9.17, 15) is 13.2 Å². The lowest BCUT2D eigenvalue weighted by Crippen LogP contribution is -2.07. The van der Waals surface area contributed by atoms with Gasteiger partial charge in [0.1, 0.15) is 0 Å². The van der Waals surface area contributed by atoms with Crippen molar-refractivity contribution in [1.82, 2.24) is 35.0 Å². The molecule has 4 aromatic rings. The molecule has 2 aromatic heterocycles. The fourth-order valence-electron chi connectivity index (χ4n) is 3.10. The molecule has 0 aliphatic rings. The molecular formula is C20H18F3N7S. The lowest BCUT2D eigenvalue weighted by atomic mass is 10.1. The Hall–Kier alpha value is -3.21. The molecule has 0 aliphatic carbocycles. The number of rotatable bonds is 6. The Morgan fingerprint density at radius 3 is 2.45 bits per heavy atom. The molecule has 0 N–H and O–H groups in total. The molecule has 11 heteroatoms. The molecular weight excluding hydrogens is 427 g/mol. The summed E-state index contributed by atoms with van der Waals surface area (Å²) in [5.41, 5.74) is 1.84. The number of benzene rings is 2. The molecule has 0 fully saturated rings. The van der Waals surface area contributed by atoms with E-state index in [1.54, 1.807) is 0 Å². The first-order valence-electron chi connectivity index (χ1n) is 9.44. The van der Waals surface area contributed by atoms with Crippen LogP contribution < -0.4 is 0 Å². The summed E-state index contributed by atoms with van der Waals surface area (Å²) in [7, 11) is 0. The summed E-state index contributed by atoms with van der Waals surface area (Å²) in [4.78, 5) is 0. The molecule has 4 rings (SSSR count). The van der Waals surface area contributed by atoms with E-state index in [-0.39, 0.29) is 0 Å². The van der Waals surface area contributed by atoms with Crippen molar-refractivity contribution in [2.75, 3.05) is 0 Å². The van der Waals surface area contributed by atoms with Crippen molar-refractivity contribution in [2.24, 2.45) is 0 Å². The van der Waals surface area contributed by atoms with Crippen LogP contribution >= 0.6 is 11.8 Å². The van der Waals surface area contributed by atoms with E-state index in [0.29, 0.717) is 29.0 Å². The van der Waals surface area contributed by atoms with E-state index in [1.165, 1.54) is 28.6 Å². The molecule has 0 unspecified atom stereocenters.